The first-order valence-corrected chi connectivity index (χ1v) is 10.1. The summed E-state index contributed by atoms with van der Waals surface area (Å²) in [4.78, 5) is 21.5. The molecule has 0 saturated heterocycles. The van der Waals surface area contributed by atoms with Gasteiger partial charge >= 0.3 is 11.6 Å². The Kier molecular flexibility index (Phi) is 5.51. The molecule has 153 valence electrons. The molecule has 4 rings (SSSR count). The lowest BCUT2D eigenvalue weighted by atomic mass is 9.88. The summed E-state index contributed by atoms with van der Waals surface area (Å²) in [6, 6.07) is 4.04. The summed E-state index contributed by atoms with van der Waals surface area (Å²) in [6.45, 7) is 2.58. The van der Waals surface area contributed by atoms with Crippen molar-refractivity contribution in [2.24, 2.45) is 10.9 Å². The number of nitrogens with zero attached hydrogens (tertiary/aromatic N) is 4. The third kappa shape index (κ3) is 3.83. The molecule has 1 aromatic heterocycles. The van der Waals surface area contributed by atoms with Gasteiger partial charge in [0, 0.05) is 18.5 Å². The van der Waals surface area contributed by atoms with Gasteiger partial charge in [-0.3, -0.25) is 9.36 Å². The standard InChI is InChI=1S/C21H24FN4O3/c1-3-11-26-19-17(23-18(24-19)13-7-5-4-6-8-13)20(27)25-21(26)29-15-10-9-14(22)12-16(15)28-2/h9-10,12-13H,3-8,11H2,1-2H3. The number of rotatable bonds is 6. The number of hydrogen-bond acceptors (Lipinski definition) is 5. The molecule has 0 spiro atoms. The Hall–Kier alpha value is -2.90. The molecule has 1 fully saturated rings. The number of ether oxygens (including phenoxy) is 2. The molecule has 0 N–H and O–H groups in total. The predicted molar refractivity (Wildman–Crippen MR) is 107 cm³/mol. The zero-order valence-corrected chi connectivity index (χ0v) is 16.7. The Morgan fingerprint density at radius 1 is 1.21 bits per heavy atom. The highest BCUT2D eigenvalue weighted by Gasteiger charge is 2.31. The van der Waals surface area contributed by atoms with E-state index in [1.165, 1.54) is 31.7 Å². The van der Waals surface area contributed by atoms with Gasteiger partial charge < -0.3 is 9.47 Å². The normalized spacial score (nSPS) is 16.2. The van der Waals surface area contributed by atoms with Gasteiger partial charge in [0.15, 0.2) is 23.0 Å². The van der Waals surface area contributed by atoms with Crippen LogP contribution in [-0.2, 0) is 6.54 Å². The van der Waals surface area contributed by atoms with Gasteiger partial charge in [-0.05, 0) is 31.4 Å². The summed E-state index contributed by atoms with van der Waals surface area (Å²) < 4.78 is 26.3. The fourth-order valence-corrected chi connectivity index (χ4v) is 3.84. The van der Waals surface area contributed by atoms with Crippen molar-refractivity contribution in [3.8, 4) is 17.5 Å². The van der Waals surface area contributed by atoms with Crippen molar-refractivity contribution in [3.05, 3.63) is 34.4 Å². The van der Waals surface area contributed by atoms with E-state index in [9.17, 15) is 9.18 Å². The molecule has 2 aliphatic rings. The van der Waals surface area contributed by atoms with Gasteiger partial charge in [0.1, 0.15) is 11.7 Å². The Morgan fingerprint density at radius 3 is 2.72 bits per heavy atom. The van der Waals surface area contributed by atoms with Gasteiger partial charge in [-0.25, -0.2) is 14.7 Å². The first kappa shape index (κ1) is 19.4. The molecular formula is C21H24FN4O3. The second kappa shape index (κ2) is 8.23. The summed E-state index contributed by atoms with van der Waals surface area (Å²) in [5.74, 6) is 1.55. The number of aliphatic imine (C=N–C) groups is 1. The summed E-state index contributed by atoms with van der Waals surface area (Å²) >= 11 is 0. The molecule has 0 amide bonds. The van der Waals surface area contributed by atoms with Crippen molar-refractivity contribution in [3.63, 3.8) is 0 Å². The molecule has 1 aromatic carbocycles. The maximum Gasteiger partial charge on any atom is 0.307 e. The Balaban J connectivity index is 1.74. The van der Waals surface area contributed by atoms with Crippen molar-refractivity contribution in [2.45, 2.75) is 52.0 Å². The molecule has 2 aromatic rings. The maximum absolute atomic E-state index is 13.5. The van der Waals surface area contributed by atoms with E-state index >= 15 is 0 Å². The number of amidine groups is 1. The SMILES string of the molecule is CCCn1c(Oc2ccc(F)cc2OC)nc(=O)c2c1N=C(C1CCCCC1)[N]2. The fourth-order valence-electron chi connectivity index (χ4n) is 3.84. The Bertz CT molecular complexity index is 996. The number of benzene rings is 1. The van der Waals surface area contributed by atoms with Crippen molar-refractivity contribution in [1.82, 2.24) is 14.9 Å². The molecule has 0 atom stereocenters. The second-order valence-electron chi connectivity index (χ2n) is 7.34. The smallest absolute Gasteiger partial charge is 0.307 e. The van der Waals surface area contributed by atoms with Crippen LogP contribution in [0.25, 0.3) is 0 Å². The van der Waals surface area contributed by atoms with Gasteiger partial charge in [0.25, 0.3) is 0 Å². The predicted octanol–water partition coefficient (Wildman–Crippen LogP) is 4.45. The third-order valence-electron chi connectivity index (χ3n) is 5.29. The van der Waals surface area contributed by atoms with Gasteiger partial charge in [-0.15, -0.1) is 0 Å². The zero-order valence-electron chi connectivity index (χ0n) is 16.7. The Morgan fingerprint density at radius 2 is 2.00 bits per heavy atom. The molecule has 1 aliphatic heterocycles. The molecule has 8 heteroatoms. The quantitative estimate of drug-likeness (QED) is 0.719. The molecule has 29 heavy (non-hydrogen) atoms. The van der Waals surface area contributed by atoms with Crippen LogP contribution in [0.1, 0.15) is 45.4 Å². The zero-order chi connectivity index (χ0) is 20.4. The lowest BCUT2D eigenvalue weighted by Crippen LogP contribution is -2.24. The van der Waals surface area contributed by atoms with E-state index in [4.69, 9.17) is 14.5 Å². The minimum absolute atomic E-state index is 0.101. The topological polar surface area (TPSA) is 79.8 Å². The number of halogens is 1. The summed E-state index contributed by atoms with van der Waals surface area (Å²) in [5, 5.41) is 4.54. The van der Waals surface area contributed by atoms with Crippen molar-refractivity contribution < 1.29 is 13.9 Å². The molecule has 0 unspecified atom stereocenters. The van der Waals surface area contributed by atoms with Crippen molar-refractivity contribution in [1.29, 1.82) is 0 Å². The number of aromatic nitrogens is 2. The molecule has 0 bridgehead atoms. The van der Waals surface area contributed by atoms with Crippen LogP contribution >= 0.6 is 0 Å². The van der Waals surface area contributed by atoms with Crippen molar-refractivity contribution in [2.75, 3.05) is 7.11 Å². The average Bonchev–Trinajstić information content (AvgIpc) is 3.19. The first-order valence-electron chi connectivity index (χ1n) is 10.1. The fraction of sp³-hybridized carbons (Fsp3) is 0.476. The minimum atomic E-state index is -0.474. The highest BCUT2D eigenvalue weighted by atomic mass is 19.1. The van der Waals surface area contributed by atoms with Gasteiger partial charge in [0.2, 0.25) is 0 Å². The van der Waals surface area contributed by atoms with Gasteiger partial charge in [-0.1, -0.05) is 26.2 Å². The number of methoxy groups -OCH3 is 1. The molecule has 1 saturated carbocycles. The van der Waals surface area contributed by atoms with E-state index < -0.39 is 11.4 Å². The van der Waals surface area contributed by atoms with Crippen LogP contribution in [0.5, 0.6) is 17.5 Å². The molecule has 1 aliphatic carbocycles. The van der Waals surface area contributed by atoms with E-state index in [2.05, 4.69) is 10.3 Å². The van der Waals surface area contributed by atoms with Crippen LogP contribution in [0.4, 0.5) is 15.9 Å². The third-order valence-corrected chi connectivity index (χ3v) is 5.29. The van der Waals surface area contributed by atoms with E-state index in [0.717, 1.165) is 37.9 Å². The van der Waals surface area contributed by atoms with Crippen molar-refractivity contribution >= 4 is 17.3 Å². The molecular weight excluding hydrogens is 375 g/mol. The average molecular weight is 399 g/mol. The number of hydrogen-bond donors (Lipinski definition) is 0. The highest BCUT2D eigenvalue weighted by molar-refractivity contribution is 5.96. The monoisotopic (exact) mass is 399 g/mol. The maximum atomic E-state index is 13.5. The van der Waals surface area contributed by atoms with Gasteiger partial charge in [-0.2, -0.15) is 4.98 Å². The van der Waals surface area contributed by atoms with Crippen LogP contribution in [0.15, 0.2) is 28.0 Å². The van der Waals surface area contributed by atoms with Crippen LogP contribution in [0, 0.1) is 11.7 Å². The molecule has 2 heterocycles. The first-order chi connectivity index (χ1) is 14.1. The summed E-state index contributed by atoms with van der Waals surface area (Å²) in [5.41, 5.74) is -0.199. The molecule has 7 nitrogen and oxygen atoms in total. The van der Waals surface area contributed by atoms with E-state index in [1.807, 2.05) is 6.92 Å². The highest BCUT2D eigenvalue weighted by Crippen LogP contribution is 2.37. The lowest BCUT2D eigenvalue weighted by molar-refractivity contribution is 0.351. The minimum Gasteiger partial charge on any atom is -0.493 e. The van der Waals surface area contributed by atoms with Gasteiger partial charge in [0.05, 0.1) is 7.11 Å². The van der Waals surface area contributed by atoms with E-state index in [-0.39, 0.29) is 29.1 Å². The molecule has 1 radical (unpaired) electrons. The summed E-state index contributed by atoms with van der Waals surface area (Å²) in [7, 11) is 1.43. The van der Waals surface area contributed by atoms with E-state index in [1.54, 1.807) is 4.57 Å². The van der Waals surface area contributed by atoms with Crippen LogP contribution in [0.3, 0.4) is 0 Å². The second-order valence-corrected chi connectivity index (χ2v) is 7.34. The number of fused-ring (bicyclic) bond motifs is 1. The largest absolute Gasteiger partial charge is 0.493 e. The lowest BCUT2D eigenvalue weighted by Gasteiger charge is -2.20. The van der Waals surface area contributed by atoms with Crippen LogP contribution in [0.2, 0.25) is 0 Å². The Labute approximate surface area is 168 Å². The summed E-state index contributed by atoms with van der Waals surface area (Å²) in [6.07, 6.45) is 6.43. The van der Waals surface area contributed by atoms with E-state index in [0.29, 0.717) is 12.4 Å². The van der Waals surface area contributed by atoms with Crippen LogP contribution in [-0.4, -0.2) is 22.5 Å². The van der Waals surface area contributed by atoms with Crippen LogP contribution < -0.4 is 20.3 Å².